The molecule has 2 aromatic carbocycles. The molecule has 4 heteroatoms. The zero-order valence-corrected chi connectivity index (χ0v) is 10.9. The lowest BCUT2D eigenvalue weighted by Gasteiger charge is -2.10. The van der Waals surface area contributed by atoms with Crippen molar-refractivity contribution in [3.8, 4) is 5.75 Å². The highest BCUT2D eigenvalue weighted by molar-refractivity contribution is 6.05. The first kappa shape index (κ1) is 13.0. The van der Waals surface area contributed by atoms with Gasteiger partial charge in [-0.15, -0.1) is 0 Å². The Balaban J connectivity index is 2.23. The van der Waals surface area contributed by atoms with Gasteiger partial charge in [0.1, 0.15) is 5.75 Å². The Bertz CT molecular complexity index is 609. The number of nitrogens with one attached hydrogen (secondary N) is 1. The van der Waals surface area contributed by atoms with Crippen LogP contribution in [-0.2, 0) is 0 Å². The monoisotopic (exact) mass is 256 g/mol. The fourth-order valence-corrected chi connectivity index (χ4v) is 1.75. The van der Waals surface area contributed by atoms with Crippen LogP contribution in [0.3, 0.4) is 0 Å². The molecule has 0 heterocycles. The summed E-state index contributed by atoms with van der Waals surface area (Å²) in [6.45, 7) is 1.87. The topological polar surface area (TPSA) is 64.3 Å². The van der Waals surface area contributed by atoms with Crippen molar-refractivity contribution in [3.63, 3.8) is 0 Å². The van der Waals surface area contributed by atoms with Crippen molar-refractivity contribution < 1.29 is 9.53 Å². The zero-order chi connectivity index (χ0) is 13.8. The predicted molar refractivity (Wildman–Crippen MR) is 76.5 cm³/mol. The Kier molecular flexibility index (Phi) is 3.71. The third kappa shape index (κ3) is 2.85. The fourth-order valence-electron chi connectivity index (χ4n) is 1.75. The molecule has 1 amide bonds. The van der Waals surface area contributed by atoms with Crippen molar-refractivity contribution in [2.45, 2.75) is 6.92 Å². The van der Waals surface area contributed by atoms with Crippen LogP contribution in [0.1, 0.15) is 15.9 Å². The van der Waals surface area contributed by atoms with Gasteiger partial charge in [0.25, 0.3) is 5.91 Å². The van der Waals surface area contributed by atoms with Crippen LogP contribution in [0, 0.1) is 6.92 Å². The Morgan fingerprint density at radius 3 is 2.68 bits per heavy atom. The first-order chi connectivity index (χ1) is 9.11. The van der Waals surface area contributed by atoms with Gasteiger partial charge in [0.2, 0.25) is 0 Å². The van der Waals surface area contributed by atoms with E-state index in [9.17, 15) is 4.79 Å². The number of carbonyl (C=O) groups excluding carboxylic acids is 1. The zero-order valence-electron chi connectivity index (χ0n) is 10.9. The number of anilines is 2. The maximum atomic E-state index is 12.1. The van der Waals surface area contributed by atoms with Gasteiger partial charge in [-0.2, -0.15) is 0 Å². The van der Waals surface area contributed by atoms with E-state index in [-0.39, 0.29) is 5.91 Å². The van der Waals surface area contributed by atoms with E-state index in [2.05, 4.69) is 5.32 Å². The van der Waals surface area contributed by atoms with Crippen LogP contribution >= 0.6 is 0 Å². The molecule has 19 heavy (non-hydrogen) atoms. The summed E-state index contributed by atoms with van der Waals surface area (Å²) in [5.74, 6) is 0.463. The van der Waals surface area contributed by atoms with Crippen LogP contribution in [0.2, 0.25) is 0 Å². The number of rotatable bonds is 3. The molecule has 0 unspecified atom stereocenters. The summed E-state index contributed by atoms with van der Waals surface area (Å²) in [5.41, 5.74) is 8.58. The molecule has 98 valence electrons. The third-order valence-corrected chi connectivity index (χ3v) is 2.96. The van der Waals surface area contributed by atoms with Crippen LogP contribution in [0.5, 0.6) is 5.75 Å². The molecule has 0 radical (unpaired) electrons. The van der Waals surface area contributed by atoms with E-state index in [0.717, 1.165) is 5.56 Å². The Labute approximate surface area is 112 Å². The predicted octanol–water partition coefficient (Wildman–Crippen LogP) is 2.84. The van der Waals surface area contributed by atoms with Gasteiger partial charge in [0, 0.05) is 16.9 Å². The normalized spacial score (nSPS) is 10.0. The average molecular weight is 256 g/mol. The number of nitrogens with two attached hydrogens (primary N) is 1. The second-order valence-corrected chi connectivity index (χ2v) is 4.21. The van der Waals surface area contributed by atoms with E-state index in [1.807, 2.05) is 19.1 Å². The minimum atomic E-state index is -0.187. The molecule has 0 spiro atoms. The summed E-state index contributed by atoms with van der Waals surface area (Å²) < 4.78 is 5.10. The molecule has 0 aliphatic rings. The van der Waals surface area contributed by atoms with Crippen LogP contribution in [0.4, 0.5) is 11.4 Å². The molecule has 3 N–H and O–H groups in total. The summed E-state index contributed by atoms with van der Waals surface area (Å²) >= 11 is 0. The number of nitrogen functional groups attached to an aromatic ring is 1. The van der Waals surface area contributed by atoms with Gasteiger partial charge < -0.3 is 15.8 Å². The second-order valence-electron chi connectivity index (χ2n) is 4.21. The van der Waals surface area contributed by atoms with Crippen molar-refractivity contribution in [1.82, 2.24) is 0 Å². The largest absolute Gasteiger partial charge is 0.497 e. The van der Waals surface area contributed by atoms with Crippen molar-refractivity contribution in [2.24, 2.45) is 0 Å². The van der Waals surface area contributed by atoms with E-state index in [1.54, 1.807) is 37.4 Å². The average Bonchev–Trinajstić information content (AvgIpc) is 2.44. The summed E-state index contributed by atoms with van der Waals surface area (Å²) in [6.07, 6.45) is 0. The molecule has 4 nitrogen and oxygen atoms in total. The number of carbonyl (C=O) groups is 1. The standard InChI is InChI=1S/C15H16N2O2/c1-10-13(16)7-4-8-14(10)17-15(18)11-5-3-6-12(9-11)19-2/h3-9H,16H2,1-2H3,(H,17,18). The van der Waals surface area contributed by atoms with Gasteiger partial charge in [-0.25, -0.2) is 0 Å². The Morgan fingerprint density at radius 1 is 1.21 bits per heavy atom. The summed E-state index contributed by atoms with van der Waals surface area (Å²) in [6, 6.07) is 12.4. The van der Waals surface area contributed by atoms with Crippen molar-refractivity contribution in [2.75, 3.05) is 18.2 Å². The van der Waals surface area contributed by atoms with E-state index < -0.39 is 0 Å². The van der Waals surface area contributed by atoms with Crippen molar-refractivity contribution >= 4 is 17.3 Å². The molecule has 2 rings (SSSR count). The molecule has 0 aliphatic heterocycles. The molecule has 2 aromatic rings. The molecule has 0 saturated carbocycles. The maximum absolute atomic E-state index is 12.1. The molecule has 0 atom stereocenters. The Hall–Kier alpha value is -2.49. The molecule has 0 aliphatic carbocycles. The van der Waals surface area contributed by atoms with E-state index in [0.29, 0.717) is 22.7 Å². The number of hydrogen-bond donors (Lipinski definition) is 2. The highest BCUT2D eigenvalue weighted by atomic mass is 16.5. The number of hydrogen-bond acceptors (Lipinski definition) is 3. The van der Waals surface area contributed by atoms with Gasteiger partial charge in [-0.3, -0.25) is 4.79 Å². The van der Waals surface area contributed by atoms with Gasteiger partial charge in [-0.05, 0) is 42.8 Å². The number of methoxy groups -OCH3 is 1. The lowest BCUT2D eigenvalue weighted by molar-refractivity contribution is 0.102. The van der Waals surface area contributed by atoms with Gasteiger partial charge in [0.15, 0.2) is 0 Å². The van der Waals surface area contributed by atoms with Crippen molar-refractivity contribution in [1.29, 1.82) is 0 Å². The number of ether oxygens (including phenoxy) is 1. The third-order valence-electron chi connectivity index (χ3n) is 2.96. The van der Waals surface area contributed by atoms with Crippen LogP contribution in [0.15, 0.2) is 42.5 Å². The molecule has 0 aromatic heterocycles. The molecular formula is C15H16N2O2. The maximum Gasteiger partial charge on any atom is 0.255 e. The van der Waals surface area contributed by atoms with Crippen LogP contribution in [0.25, 0.3) is 0 Å². The highest BCUT2D eigenvalue weighted by Gasteiger charge is 2.09. The first-order valence-electron chi connectivity index (χ1n) is 5.92. The van der Waals surface area contributed by atoms with Gasteiger partial charge >= 0.3 is 0 Å². The molecule has 0 saturated heterocycles. The van der Waals surface area contributed by atoms with E-state index >= 15 is 0 Å². The minimum absolute atomic E-state index is 0.187. The van der Waals surface area contributed by atoms with E-state index in [1.165, 1.54) is 0 Å². The highest BCUT2D eigenvalue weighted by Crippen LogP contribution is 2.21. The summed E-state index contributed by atoms with van der Waals surface area (Å²) in [5, 5.41) is 2.84. The molecule has 0 fully saturated rings. The lowest BCUT2D eigenvalue weighted by atomic mass is 10.1. The van der Waals surface area contributed by atoms with Crippen LogP contribution in [-0.4, -0.2) is 13.0 Å². The second kappa shape index (κ2) is 5.44. The first-order valence-corrected chi connectivity index (χ1v) is 5.92. The molecule has 0 bridgehead atoms. The quantitative estimate of drug-likeness (QED) is 0.830. The smallest absolute Gasteiger partial charge is 0.255 e. The summed E-state index contributed by atoms with van der Waals surface area (Å²) in [7, 11) is 1.57. The van der Waals surface area contributed by atoms with E-state index in [4.69, 9.17) is 10.5 Å². The van der Waals surface area contributed by atoms with Crippen molar-refractivity contribution in [3.05, 3.63) is 53.6 Å². The Morgan fingerprint density at radius 2 is 1.95 bits per heavy atom. The summed E-state index contributed by atoms with van der Waals surface area (Å²) in [4.78, 5) is 12.1. The SMILES string of the molecule is COc1cccc(C(=O)Nc2cccc(N)c2C)c1. The van der Waals surface area contributed by atoms with Crippen LogP contribution < -0.4 is 15.8 Å². The van der Waals surface area contributed by atoms with Gasteiger partial charge in [0.05, 0.1) is 7.11 Å². The number of benzene rings is 2. The van der Waals surface area contributed by atoms with Gasteiger partial charge in [-0.1, -0.05) is 12.1 Å². The molecular weight excluding hydrogens is 240 g/mol. The number of amides is 1. The lowest BCUT2D eigenvalue weighted by Crippen LogP contribution is -2.13. The minimum Gasteiger partial charge on any atom is -0.497 e. The fraction of sp³-hybridized carbons (Fsp3) is 0.133.